The third kappa shape index (κ3) is 2.71. The molecule has 1 amide bonds. The number of hydrogen-bond acceptors (Lipinski definition) is 3. The molecule has 2 N–H and O–H groups in total. The predicted molar refractivity (Wildman–Crippen MR) is 80.0 cm³/mol. The van der Waals surface area contributed by atoms with E-state index in [2.05, 4.69) is 10.2 Å². The number of aryl methyl sites for hydroxylation is 1. The molecule has 116 valence electrons. The lowest BCUT2D eigenvalue weighted by Gasteiger charge is -2.43. The van der Waals surface area contributed by atoms with Crippen molar-refractivity contribution >= 4 is 5.91 Å². The van der Waals surface area contributed by atoms with Gasteiger partial charge in [-0.25, -0.2) is 0 Å². The van der Waals surface area contributed by atoms with Crippen LogP contribution >= 0.6 is 0 Å². The number of hydrogen-bond donors (Lipinski definition) is 2. The highest BCUT2D eigenvalue weighted by atomic mass is 16.3. The molecule has 0 unspecified atom stereocenters. The lowest BCUT2D eigenvalue weighted by atomic mass is 9.72. The van der Waals surface area contributed by atoms with Gasteiger partial charge in [-0.05, 0) is 45.6 Å². The fourth-order valence-electron chi connectivity index (χ4n) is 4.09. The number of H-pyrrole nitrogens is 1. The number of aromatic nitrogens is 2. The first-order valence-corrected chi connectivity index (χ1v) is 8.04. The average Bonchev–Trinajstić information content (AvgIpc) is 3.06. The van der Waals surface area contributed by atoms with Crippen molar-refractivity contribution in [1.29, 1.82) is 0 Å². The molecule has 3 atom stereocenters. The van der Waals surface area contributed by atoms with Crippen LogP contribution < -0.4 is 0 Å². The van der Waals surface area contributed by atoms with E-state index >= 15 is 0 Å². The van der Waals surface area contributed by atoms with E-state index in [0.717, 1.165) is 50.8 Å². The van der Waals surface area contributed by atoms with Crippen LogP contribution in [0, 0.1) is 12.8 Å². The minimum Gasteiger partial charge on any atom is -0.390 e. The summed E-state index contributed by atoms with van der Waals surface area (Å²) < 4.78 is 0. The Morgan fingerprint density at radius 3 is 2.90 bits per heavy atom. The SMILES string of the molecule is Cc1cc(C(=O)N2CCC[C@@H]2[C@H]2CCCC[C@@]2(C)O)n[nH]1. The lowest BCUT2D eigenvalue weighted by molar-refractivity contribution is -0.0578. The molecule has 1 aromatic heterocycles. The van der Waals surface area contributed by atoms with Crippen molar-refractivity contribution in [1.82, 2.24) is 15.1 Å². The van der Waals surface area contributed by atoms with E-state index in [1.54, 1.807) is 6.07 Å². The highest BCUT2D eigenvalue weighted by Crippen LogP contribution is 2.40. The number of amides is 1. The van der Waals surface area contributed by atoms with E-state index in [9.17, 15) is 9.90 Å². The Hall–Kier alpha value is -1.36. The summed E-state index contributed by atoms with van der Waals surface area (Å²) in [6.07, 6.45) is 6.12. The zero-order valence-corrected chi connectivity index (χ0v) is 12.9. The molecule has 1 aromatic rings. The normalized spacial score (nSPS) is 33.4. The molecule has 3 rings (SSSR count). The van der Waals surface area contributed by atoms with E-state index in [0.29, 0.717) is 5.69 Å². The molecule has 1 saturated heterocycles. The fourth-order valence-corrected chi connectivity index (χ4v) is 4.09. The second kappa shape index (κ2) is 5.44. The van der Waals surface area contributed by atoms with Crippen LogP contribution in [0.4, 0.5) is 0 Å². The first kappa shape index (κ1) is 14.6. The van der Waals surface area contributed by atoms with Gasteiger partial charge in [0.25, 0.3) is 5.91 Å². The van der Waals surface area contributed by atoms with Crippen LogP contribution in [0.5, 0.6) is 0 Å². The Morgan fingerprint density at radius 1 is 1.43 bits per heavy atom. The molecule has 5 heteroatoms. The number of rotatable bonds is 2. The molecule has 2 fully saturated rings. The maximum Gasteiger partial charge on any atom is 0.274 e. The molecular weight excluding hydrogens is 266 g/mol. The van der Waals surface area contributed by atoms with E-state index in [1.165, 1.54) is 0 Å². The minimum atomic E-state index is -0.646. The highest BCUT2D eigenvalue weighted by molar-refractivity contribution is 5.92. The van der Waals surface area contributed by atoms with Gasteiger partial charge >= 0.3 is 0 Å². The topological polar surface area (TPSA) is 69.2 Å². The molecule has 1 aliphatic carbocycles. The number of carbonyl (C=O) groups excluding carboxylic acids is 1. The van der Waals surface area contributed by atoms with Crippen LogP contribution in [-0.2, 0) is 0 Å². The van der Waals surface area contributed by atoms with Gasteiger partial charge in [-0.1, -0.05) is 12.8 Å². The van der Waals surface area contributed by atoms with E-state index < -0.39 is 5.60 Å². The number of carbonyl (C=O) groups is 1. The molecule has 2 heterocycles. The number of likely N-dealkylation sites (tertiary alicyclic amines) is 1. The minimum absolute atomic E-state index is 0.00298. The van der Waals surface area contributed by atoms with E-state index in [-0.39, 0.29) is 17.9 Å². The maximum atomic E-state index is 12.7. The first-order chi connectivity index (χ1) is 9.99. The Kier molecular flexibility index (Phi) is 3.78. The molecule has 0 aromatic carbocycles. The number of nitrogens with zero attached hydrogens (tertiary/aromatic N) is 2. The van der Waals surface area contributed by atoms with Gasteiger partial charge < -0.3 is 10.0 Å². The van der Waals surface area contributed by atoms with Gasteiger partial charge in [0, 0.05) is 24.2 Å². The molecule has 0 bridgehead atoms. The average molecular weight is 291 g/mol. The summed E-state index contributed by atoms with van der Waals surface area (Å²) in [6.45, 7) is 4.62. The summed E-state index contributed by atoms with van der Waals surface area (Å²) in [5, 5.41) is 17.6. The third-order valence-corrected chi connectivity index (χ3v) is 5.20. The van der Waals surface area contributed by atoms with Gasteiger partial charge in [-0.15, -0.1) is 0 Å². The molecule has 0 radical (unpaired) electrons. The summed E-state index contributed by atoms with van der Waals surface area (Å²) in [7, 11) is 0. The largest absolute Gasteiger partial charge is 0.390 e. The van der Waals surface area contributed by atoms with Gasteiger partial charge in [0.2, 0.25) is 0 Å². The second-order valence-electron chi connectivity index (χ2n) is 6.85. The first-order valence-electron chi connectivity index (χ1n) is 8.04. The highest BCUT2D eigenvalue weighted by Gasteiger charge is 2.44. The zero-order valence-electron chi connectivity index (χ0n) is 12.9. The Bertz CT molecular complexity index is 523. The van der Waals surface area contributed by atoms with Crippen molar-refractivity contribution in [3.05, 3.63) is 17.5 Å². The van der Waals surface area contributed by atoms with Gasteiger partial charge in [-0.2, -0.15) is 5.10 Å². The summed E-state index contributed by atoms with van der Waals surface area (Å²) in [6, 6.07) is 1.96. The maximum absolute atomic E-state index is 12.7. The fraction of sp³-hybridized carbons (Fsp3) is 0.750. The van der Waals surface area contributed by atoms with Crippen molar-refractivity contribution in [3.8, 4) is 0 Å². The summed E-state index contributed by atoms with van der Waals surface area (Å²) >= 11 is 0. The standard InChI is InChI=1S/C16H25N3O2/c1-11-10-13(18-17-11)15(20)19-9-5-7-14(19)12-6-3-4-8-16(12,2)21/h10,12,14,21H,3-9H2,1-2H3,(H,17,18)/t12-,14-,16-/m1/s1. The van der Waals surface area contributed by atoms with Crippen molar-refractivity contribution in [2.24, 2.45) is 5.92 Å². The number of aliphatic hydroxyl groups is 1. The summed E-state index contributed by atoms with van der Waals surface area (Å²) in [5.41, 5.74) is 0.751. The lowest BCUT2D eigenvalue weighted by Crippen LogP contribution is -2.50. The van der Waals surface area contributed by atoms with Crippen LogP contribution in [-0.4, -0.2) is 44.3 Å². The Labute approximate surface area is 125 Å². The third-order valence-electron chi connectivity index (χ3n) is 5.20. The quantitative estimate of drug-likeness (QED) is 0.878. The summed E-state index contributed by atoms with van der Waals surface area (Å²) in [5.74, 6) is 0.195. The van der Waals surface area contributed by atoms with Gasteiger partial charge in [0.15, 0.2) is 0 Å². The molecule has 0 spiro atoms. The Morgan fingerprint density at radius 2 is 2.24 bits per heavy atom. The number of aromatic amines is 1. The Balaban J connectivity index is 1.80. The van der Waals surface area contributed by atoms with Crippen LogP contribution in [0.1, 0.15) is 61.6 Å². The molecule has 2 aliphatic rings. The predicted octanol–water partition coefficient (Wildman–Crippen LogP) is 2.26. The number of nitrogens with one attached hydrogen (secondary N) is 1. The summed E-state index contributed by atoms with van der Waals surface area (Å²) in [4.78, 5) is 14.6. The monoisotopic (exact) mass is 291 g/mol. The molecular formula is C16H25N3O2. The van der Waals surface area contributed by atoms with Gasteiger partial charge in [-0.3, -0.25) is 9.89 Å². The zero-order chi connectivity index (χ0) is 15.0. The second-order valence-corrected chi connectivity index (χ2v) is 6.85. The molecule has 1 aliphatic heterocycles. The van der Waals surface area contributed by atoms with Crippen molar-refractivity contribution in [3.63, 3.8) is 0 Å². The van der Waals surface area contributed by atoms with Crippen molar-refractivity contribution in [2.45, 2.75) is 64.0 Å². The van der Waals surface area contributed by atoms with Gasteiger partial charge in [0.05, 0.1) is 5.60 Å². The smallest absolute Gasteiger partial charge is 0.274 e. The van der Waals surface area contributed by atoms with E-state index in [1.807, 2.05) is 18.7 Å². The van der Waals surface area contributed by atoms with Crippen molar-refractivity contribution < 1.29 is 9.90 Å². The molecule has 1 saturated carbocycles. The van der Waals surface area contributed by atoms with Gasteiger partial charge in [0.1, 0.15) is 5.69 Å². The van der Waals surface area contributed by atoms with E-state index in [4.69, 9.17) is 0 Å². The van der Waals surface area contributed by atoms with Crippen LogP contribution in [0.25, 0.3) is 0 Å². The van der Waals surface area contributed by atoms with Crippen molar-refractivity contribution in [2.75, 3.05) is 6.54 Å². The van der Waals surface area contributed by atoms with Crippen LogP contribution in [0.15, 0.2) is 6.07 Å². The van der Waals surface area contributed by atoms with Crippen LogP contribution in [0.3, 0.4) is 0 Å². The van der Waals surface area contributed by atoms with Crippen LogP contribution in [0.2, 0.25) is 0 Å². The molecule has 21 heavy (non-hydrogen) atoms. The molecule has 5 nitrogen and oxygen atoms in total.